The molecule has 0 atom stereocenters. The average Bonchev–Trinajstić information content (AvgIpc) is 3.23. The van der Waals surface area contributed by atoms with Gasteiger partial charge in [-0.15, -0.1) is 10.2 Å². The molecule has 0 radical (unpaired) electrons. The van der Waals surface area contributed by atoms with Gasteiger partial charge in [0.05, 0.1) is 6.61 Å². The summed E-state index contributed by atoms with van der Waals surface area (Å²) in [4.78, 5) is 17.9. The lowest BCUT2D eigenvalue weighted by molar-refractivity contribution is 0.0651. The van der Waals surface area contributed by atoms with Crippen LogP contribution in [0.4, 0.5) is 4.79 Å². The number of ether oxygens (including phenoxy) is 1. The van der Waals surface area contributed by atoms with E-state index in [9.17, 15) is 4.79 Å². The van der Waals surface area contributed by atoms with Crippen molar-refractivity contribution in [2.45, 2.75) is 46.1 Å². The van der Waals surface area contributed by atoms with Crippen LogP contribution in [0.2, 0.25) is 0 Å². The zero-order valence-corrected chi connectivity index (χ0v) is 15.9. The van der Waals surface area contributed by atoms with Gasteiger partial charge >= 0.3 is 6.09 Å². The van der Waals surface area contributed by atoms with E-state index in [2.05, 4.69) is 41.1 Å². The van der Waals surface area contributed by atoms with Gasteiger partial charge in [-0.3, -0.25) is 0 Å². The van der Waals surface area contributed by atoms with Crippen molar-refractivity contribution >= 4 is 6.09 Å². The van der Waals surface area contributed by atoms with Crippen LogP contribution in [0.15, 0.2) is 12.7 Å². The molecule has 0 saturated carbocycles. The Morgan fingerprint density at radius 3 is 2.62 bits per heavy atom. The fourth-order valence-corrected chi connectivity index (χ4v) is 3.02. The monoisotopic (exact) mass is 361 g/mol. The van der Waals surface area contributed by atoms with E-state index in [-0.39, 0.29) is 11.5 Å². The summed E-state index contributed by atoms with van der Waals surface area (Å²) in [6, 6.07) is 0. The van der Waals surface area contributed by atoms with Crippen molar-refractivity contribution in [3.05, 3.63) is 24.3 Å². The molecular weight excluding hydrogens is 334 g/mol. The predicted molar refractivity (Wildman–Crippen MR) is 94.5 cm³/mol. The summed E-state index contributed by atoms with van der Waals surface area (Å²) in [6.45, 7) is 8.49. The summed E-state index contributed by atoms with van der Waals surface area (Å²) >= 11 is 0. The maximum Gasteiger partial charge on any atom is 0.409 e. The molecule has 0 N–H and O–H groups in total. The lowest BCUT2D eigenvalue weighted by atomic mass is 9.96. The fraction of sp³-hybridized carbons (Fsp3) is 0.706. The molecule has 2 aromatic rings. The highest BCUT2D eigenvalue weighted by atomic mass is 16.6. The number of carbonyl (C=O) groups is 1. The second-order valence-corrected chi connectivity index (χ2v) is 8.00. The maximum atomic E-state index is 12.2. The molecule has 9 heteroatoms. The van der Waals surface area contributed by atoms with E-state index < -0.39 is 0 Å². The Labute approximate surface area is 153 Å². The van der Waals surface area contributed by atoms with E-state index in [1.165, 1.54) is 6.33 Å². The Kier molecular flexibility index (Phi) is 5.24. The van der Waals surface area contributed by atoms with Gasteiger partial charge in [0.15, 0.2) is 5.82 Å². The van der Waals surface area contributed by atoms with Gasteiger partial charge in [0.25, 0.3) is 0 Å². The zero-order chi connectivity index (χ0) is 18.7. The minimum Gasteiger partial charge on any atom is -0.449 e. The number of likely N-dealkylation sites (tertiary alicyclic amines) is 1. The molecule has 1 fully saturated rings. The van der Waals surface area contributed by atoms with E-state index in [4.69, 9.17) is 4.74 Å². The Morgan fingerprint density at radius 2 is 2.00 bits per heavy atom. The van der Waals surface area contributed by atoms with Crippen molar-refractivity contribution in [2.24, 2.45) is 12.5 Å². The van der Waals surface area contributed by atoms with Gasteiger partial charge in [0.1, 0.15) is 25.0 Å². The Morgan fingerprint density at radius 1 is 1.27 bits per heavy atom. The van der Waals surface area contributed by atoms with E-state index in [1.807, 2.05) is 11.6 Å². The van der Waals surface area contributed by atoms with Gasteiger partial charge in [0, 0.05) is 26.1 Å². The third-order valence-electron chi connectivity index (χ3n) is 4.52. The summed E-state index contributed by atoms with van der Waals surface area (Å²) < 4.78 is 9.16. The molecule has 9 nitrogen and oxygen atoms in total. The number of amides is 1. The standard InChI is InChI=1S/C17H27N7O2/c1-17(2,3)10-26-16(25)23-7-5-13(6-8-23)15-21-20-14(22(15)4)9-24-12-18-11-19-24/h11-13H,5-10H2,1-4H3. The largest absolute Gasteiger partial charge is 0.449 e. The van der Waals surface area contributed by atoms with Gasteiger partial charge < -0.3 is 14.2 Å². The first-order chi connectivity index (χ1) is 12.3. The molecule has 26 heavy (non-hydrogen) atoms. The van der Waals surface area contributed by atoms with Crippen molar-refractivity contribution in [1.29, 1.82) is 0 Å². The Balaban J connectivity index is 1.55. The summed E-state index contributed by atoms with van der Waals surface area (Å²) in [5.41, 5.74) is -0.0207. The van der Waals surface area contributed by atoms with E-state index >= 15 is 0 Å². The number of aromatic nitrogens is 6. The van der Waals surface area contributed by atoms with Gasteiger partial charge in [-0.2, -0.15) is 5.10 Å². The summed E-state index contributed by atoms with van der Waals surface area (Å²) in [5, 5.41) is 12.8. The van der Waals surface area contributed by atoms with Crippen LogP contribution in [0.25, 0.3) is 0 Å². The van der Waals surface area contributed by atoms with Crippen LogP contribution in [0.1, 0.15) is 51.2 Å². The normalized spacial score (nSPS) is 16.1. The molecule has 1 saturated heterocycles. The second-order valence-electron chi connectivity index (χ2n) is 8.00. The first kappa shape index (κ1) is 18.3. The lowest BCUT2D eigenvalue weighted by Crippen LogP contribution is -2.39. The number of piperidine rings is 1. The number of rotatable bonds is 4. The van der Waals surface area contributed by atoms with E-state index in [0.29, 0.717) is 32.2 Å². The zero-order valence-electron chi connectivity index (χ0n) is 15.9. The van der Waals surface area contributed by atoms with Crippen molar-refractivity contribution in [3.8, 4) is 0 Å². The maximum absolute atomic E-state index is 12.2. The van der Waals surface area contributed by atoms with E-state index in [1.54, 1.807) is 15.9 Å². The van der Waals surface area contributed by atoms with Crippen LogP contribution in [-0.2, 0) is 18.3 Å². The summed E-state index contributed by atoms with van der Waals surface area (Å²) in [6.07, 6.45) is 4.67. The number of hydrogen-bond donors (Lipinski definition) is 0. The highest BCUT2D eigenvalue weighted by Crippen LogP contribution is 2.27. The highest BCUT2D eigenvalue weighted by Gasteiger charge is 2.28. The van der Waals surface area contributed by atoms with Crippen LogP contribution >= 0.6 is 0 Å². The fourth-order valence-electron chi connectivity index (χ4n) is 3.02. The van der Waals surface area contributed by atoms with Gasteiger partial charge in [-0.05, 0) is 18.3 Å². The summed E-state index contributed by atoms with van der Waals surface area (Å²) in [7, 11) is 1.98. The van der Waals surface area contributed by atoms with Crippen LogP contribution in [0.5, 0.6) is 0 Å². The molecular formula is C17H27N7O2. The molecule has 3 heterocycles. The van der Waals surface area contributed by atoms with E-state index in [0.717, 1.165) is 24.5 Å². The molecule has 0 spiro atoms. The third kappa shape index (κ3) is 4.39. The number of hydrogen-bond acceptors (Lipinski definition) is 6. The van der Waals surface area contributed by atoms with Crippen molar-refractivity contribution in [1.82, 2.24) is 34.4 Å². The predicted octanol–water partition coefficient (Wildman–Crippen LogP) is 1.82. The van der Waals surface area contributed by atoms with Crippen LogP contribution in [-0.4, -0.2) is 60.2 Å². The lowest BCUT2D eigenvalue weighted by Gasteiger charge is -2.31. The van der Waals surface area contributed by atoms with Crippen LogP contribution < -0.4 is 0 Å². The molecule has 1 aliphatic heterocycles. The SMILES string of the molecule is Cn1c(Cn2cncn2)nnc1C1CCN(C(=O)OCC(C)(C)C)CC1. The third-order valence-corrected chi connectivity index (χ3v) is 4.52. The van der Waals surface area contributed by atoms with Gasteiger partial charge in [-0.1, -0.05) is 20.8 Å². The Bertz CT molecular complexity index is 725. The quantitative estimate of drug-likeness (QED) is 0.825. The molecule has 2 aromatic heterocycles. The molecule has 0 aliphatic carbocycles. The molecule has 142 valence electrons. The van der Waals surface area contributed by atoms with Crippen LogP contribution in [0, 0.1) is 5.41 Å². The molecule has 1 amide bonds. The van der Waals surface area contributed by atoms with Crippen molar-refractivity contribution < 1.29 is 9.53 Å². The second kappa shape index (κ2) is 7.43. The number of nitrogens with zero attached hydrogens (tertiary/aromatic N) is 7. The van der Waals surface area contributed by atoms with Crippen LogP contribution in [0.3, 0.4) is 0 Å². The van der Waals surface area contributed by atoms with Gasteiger partial charge in [-0.25, -0.2) is 14.5 Å². The first-order valence-corrected chi connectivity index (χ1v) is 8.96. The topological polar surface area (TPSA) is 91.0 Å². The minimum atomic E-state index is -0.219. The molecule has 0 unspecified atom stereocenters. The smallest absolute Gasteiger partial charge is 0.409 e. The van der Waals surface area contributed by atoms with Gasteiger partial charge in [0.2, 0.25) is 0 Å². The molecule has 0 aromatic carbocycles. The Hall–Kier alpha value is -2.45. The molecule has 1 aliphatic rings. The van der Waals surface area contributed by atoms with Crippen molar-refractivity contribution in [2.75, 3.05) is 19.7 Å². The average molecular weight is 361 g/mol. The minimum absolute atomic E-state index is 0.0207. The van der Waals surface area contributed by atoms with Crippen molar-refractivity contribution in [3.63, 3.8) is 0 Å². The molecule has 0 bridgehead atoms. The summed E-state index contributed by atoms with van der Waals surface area (Å²) in [5.74, 6) is 2.10. The number of carbonyl (C=O) groups excluding carboxylic acids is 1. The molecule has 3 rings (SSSR count). The highest BCUT2D eigenvalue weighted by molar-refractivity contribution is 5.67. The first-order valence-electron chi connectivity index (χ1n) is 8.96.